The Morgan fingerprint density at radius 2 is 1.46 bits per heavy atom. The van der Waals surface area contributed by atoms with E-state index in [2.05, 4.69) is 0 Å². The highest BCUT2D eigenvalue weighted by Gasteiger charge is 1.89. The molecule has 5 nitrogen and oxygen atoms in total. The van der Waals surface area contributed by atoms with E-state index >= 15 is 0 Å². The van der Waals surface area contributed by atoms with E-state index < -0.39 is 0 Å². The SMILES string of the molecule is COCCOCOCCOCCN. The first-order valence-electron chi connectivity index (χ1n) is 4.34. The molecule has 0 aliphatic heterocycles. The minimum Gasteiger partial charge on any atom is -0.382 e. The molecule has 0 aliphatic rings. The molecule has 0 aliphatic carbocycles. The molecule has 0 amide bonds. The smallest absolute Gasteiger partial charge is 0.146 e. The van der Waals surface area contributed by atoms with Crippen LogP contribution in [0.1, 0.15) is 0 Å². The van der Waals surface area contributed by atoms with Crippen LogP contribution in [0, 0.1) is 0 Å². The maximum absolute atomic E-state index is 5.22. The molecule has 0 fully saturated rings. The molecule has 0 aromatic rings. The van der Waals surface area contributed by atoms with Crippen molar-refractivity contribution in [2.24, 2.45) is 5.73 Å². The Labute approximate surface area is 79.1 Å². The van der Waals surface area contributed by atoms with Crippen LogP contribution in [-0.4, -0.2) is 53.5 Å². The second-order valence-electron chi connectivity index (χ2n) is 2.33. The third-order valence-corrected chi connectivity index (χ3v) is 1.23. The van der Waals surface area contributed by atoms with Crippen molar-refractivity contribution < 1.29 is 18.9 Å². The van der Waals surface area contributed by atoms with Crippen LogP contribution in [-0.2, 0) is 18.9 Å². The van der Waals surface area contributed by atoms with Crippen molar-refractivity contribution in [1.29, 1.82) is 0 Å². The number of rotatable bonds is 10. The van der Waals surface area contributed by atoms with Crippen molar-refractivity contribution in [3.05, 3.63) is 0 Å². The molecule has 0 aromatic carbocycles. The van der Waals surface area contributed by atoms with E-state index in [4.69, 9.17) is 24.7 Å². The van der Waals surface area contributed by atoms with Gasteiger partial charge in [-0.2, -0.15) is 0 Å². The van der Waals surface area contributed by atoms with Gasteiger partial charge in [0.05, 0.1) is 33.0 Å². The van der Waals surface area contributed by atoms with Crippen LogP contribution in [0.2, 0.25) is 0 Å². The zero-order valence-corrected chi connectivity index (χ0v) is 8.16. The fourth-order valence-electron chi connectivity index (χ4n) is 0.622. The van der Waals surface area contributed by atoms with Gasteiger partial charge in [-0.15, -0.1) is 0 Å². The molecule has 0 bridgehead atoms. The van der Waals surface area contributed by atoms with Crippen LogP contribution >= 0.6 is 0 Å². The first-order valence-corrected chi connectivity index (χ1v) is 4.34. The summed E-state index contributed by atoms with van der Waals surface area (Å²) < 4.78 is 20.0. The lowest BCUT2D eigenvalue weighted by molar-refractivity contribution is -0.0781. The van der Waals surface area contributed by atoms with Crippen molar-refractivity contribution in [1.82, 2.24) is 0 Å². The molecule has 0 saturated heterocycles. The van der Waals surface area contributed by atoms with Crippen molar-refractivity contribution >= 4 is 0 Å². The molecule has 0 atom stereocenters. The summed E-state index contributed by atoms with van der Waals surface area (Å²) in [7, 11) is 1.63. The highest BCUT2D eigenvalue weighted by Crippen LogP contribution is 1.80. The zero-order valence-electron chi connectivity index (χ0n) is 8.16. The van der Waals surface area contributed by atoms with E-state index in [0.717, 1.165) is 0 Å². The van der Waals surface area contributed by atoms with Gasteiger partial charge in [-0.3, -0.25) is 0 Å². The first kappa shape index (κ1) is 12.8. The lowest BCUT2D eigenvalue weighted by Crippen LogP contribution is -2.13. The number of methoxy groups -OCH3 is 1. The monoisotopic (exact) mass is 193 g/mol. The van der Waals surface area contributed by atoms with E-state index in [1.165, 1.54) is 0 Å². The van der Waals surface area contributed by atoms with Crippen molar-refractivity contribution in [3.8, 4) is 0 Å². The third-order valence-electron chi connectivity index (χ3n) is 1.23. The van der Waals surface area contributed by atoms with Crippen molar-refractivity contribution in [2.45, 2.75) is 0 Å². The standard InChI is InChI=1S/C8H19NO4/c1-10-4-5-12-8-13-7-6-11-3-2-9/h2-9H2,1H3. The molecule has 0 saturated carbocycles. The summed E-state index contributed by atoms with van der Waals surface area (Å²) >= 11 is 0. The van der Waals surface area contributed by atoms with Crippen LogP contribution in [0.25, 0.3) is 0 Å². The van der Waals surface area contributed by atoms with E-state index in [1.807, 2.05) is 0 Å². The van der Waals surface area contributed by atoms with Gasteiger partial charge in [0, 0.05) is 13.7 Å². The first-order chi connectivity index (χ1) is 6.41. The van der Waals surface area contributed by atoms with Gasteiger partial charge in [0.25, 0.3) is 0 Å². The van der Waals surface area contributed by atoms with Crippen molar-refractivity contribution in [3.63, 3.8) is 0 Å². The molecule has 80 valence electrons. The van der Waals surface area contributed by atoms with Gasteiger partial charge in [0.2, 0.25) is 0 Å². The average molecular weight is 193 g/mol. The molecule has 0 heterocycles. The predicted octanol–water partition coefficient (Wildman–Crippen LogP) is -0.401. The number of hydrogen-bond donors (Lipinski definition) is 1. The van der Waals surface area contributed by atoms with Gasteiger partial charge in [0.1, 0.15) is 6.79 Å². The fourth-order valence-corrected chi connectivity index (χ4v) is 0.622. The summed E-state index contributed by atoms with van der Waals surface area (Å²) in [6.07, 6.45) is 0. The molecular weight excluding hydrogens is 174 g/mol. The van der Waals surface area contributed by atoms with Gasteiger partial charge in [0.15, 0.2) is 0 Å². The molecule has 0 aromatic heterocycles. The average Bonchev–Trinajstić information content (AvgIpc) is 2.16. The van der Waals surface area contributed by atoms with Gasteiger partial charge >= 0.3 is 0 Å². The highest BCUT2D eigenvalue weighted by atomic mass is 16.7. The molecular formula is C8H19NO4. The molecule has 13 heavy (non-hydrogen) atoms. The van der Waals surface area contributed by atoms with Gasteiger partial charge in [-0.05, 0) is 0 Å². The molecule has 0 unspecified atom stereocenters. The van der Waals surface area contributed by atoms with Crippen LogP contribution in [0.5, 0.6) is 0 Å². The molecule has 0 radical (unpaired) electrons. The Morgan fingerprint density at radius 1 is 0.846 bits per heavy atom. The second kappa shape index (κ2) is 11.8. The summed E-state index contributed by atoms with van der Waals surface area (Å²) in [4.78, 5) is 0. The third kappa shape index (κ3) is 11.8. The van der Waals surface area contributed by atoms with E-state index in [0.29, 0.717) is 39.6 Å². The van der Waals surface area contributed by atoms with Crippen LogP contribution < -0.4 is 5.73 Å². The summed E-state index contributed by atoms with van der Waals surface area (Å²) in [6.45, 7) is 3.65. The Balaban J connectivity index is 2.76. The van der Waals surface area contributed by atoms with Gasteiger partial charge < -0.3 is 24.7 Å². The minimum absolute atomic E-state index is 0.287. The number of hydrogen-bond acceptors (Lipinski definition) is 5. The lowest BCUT2D eigenvalue weighted by Gasteiger charge is -2.05. The summed E-state index contributed by atoms with van der Waals surface area (Å²) in [5, 5.41) is 0. The Bertz CT molecular complexity index is 82.2. The molecule has 0 rings (SSSR count). The normalized spacial score (nSPS) is 10.6. The quantitative estimate of drug-likeness (QED) is 0.378. The maximum Gasteiger partial charge on any atom is 0.146 e. The predicted molar refractivity (Wildman–Crippen MR) is 48.5 cm³/mol. The van der Waals surface area contributed by atoms with E-state index in [1.54, 1.807) is 7.11 Å². The van der Waals surface area contributed by atoms with Crippen molar-refractivity contribution in [2.75, 3.05) is 53.5 Å². The zero-order chi connectivity index (χ0) is 9.78. The molecule has 2 N–H and O–H groups in total. The Hall–Kier alpha value is -0.200. The molecule has 5 heteroatoms. The van der Waals surface area contributed by atoms with Crippen LogP contribution in [0.4, 0.5) is 0 Å². The number of ether oxygens (including phenoxy) is 4. The second-order valence-corrected chi connectivity index (χ2v) is 2.33. The van der Waals surface area contributed by atoms with E-state index in [9.17, 15) is 0 Å². The lowest BCUT2D eigenvalue weighted by atomic mass is 10.7. The fraction of sp³-hybridized carbons (Fsp3) is 1.00. The van der Waals surface area contributed by atoms with Gasteiger partial charge in [-0.1, -0.05) is 0 Å². The Kier molecular flexibility index (Phi) is 11.6. The van der Waals surface area contributed by atoms with E-state index in [-0.39, 0.29) is 6.79 Å². The summed E-state index contributed by atoms with van der Waals surface area (Å²) in [6, 6.07) is 0. The van der Waals surface area contributed by atoms with Crippen LogP contribution in [0.3, 0.4) is 0 Å². The largest absolute Gasteiger partial charge is 0.382 e. The molecule has 0 spiro atoms. The summed E-state index contributed by atoms with van der Waals surface area (Å²) in [5.74, 6) is 0. The van der Waals surface area contributed by atoms with Crippen LogP contribution in [0.15, 0.2) is 0 Å². The highest BCUT2D eigenvalue weighted by molar-refractivity contribution is 4.31. The Morgan fingerprint density at radius 3 is 2.08 bits per heavy atom. The maximum atomic E-state index is 5.22. The number of nitrogens with two attached hydrogens (primary N) is 1. The van der Waals surface area contributed by atoms with Gasteiger partial charge in [-0.25, -0.2) is 0 Å². The minimum atomic E-state index is 0.287. The topological polar surface area (TPSA) is 62.9 Å². The summed E-state index contributed by atoms with van der Waals surface area (Å²) in [5.41, 5.74) is 5.22.